The van der Waals surface area contributed by atoms with Crippen molar-refractivity contribution in [2.24, 2.45) is 0 Å². The predicted octanol–water partition coefficient (Wildman–Crippen LogP) is 4.10. The topological polar surface area (TPSA) is 66.4 Å². The number of piperidine rings is 2. The van der Waals surface area contributed by atoms with Crippen molar-refractivity contribution >= 4 is 11.8 Å². The zero-order valence-electron chi connectivity index (χ0n) is 18.4. The maximum Gasteiger partial charge on any atom is 0.257 e. The number of carbonyl (C=O) groups is 2. The largest absolute Gasteiger partial charge is 0.339 e. The van der Waals surface area contributed by atoms with Crippen LogP contribution in [0.3, 0.4) is 0 Å². The molecule has 2 saturated heterocycles. The Hall–Kier alpha value is -2.76. The quantitative estimate of drug-likeness (QED) is 0.730. The van der Waals surface area contributed by atoms with E-state index in [0.29, 0.717) is 23.5 Å². The van der Waals surface area contributed by atoms with Gasteiger partial charge in [-0.25, -0.2) is 9.97 Å². The molecule has 2 aromatic rings. The number of benzene rings is 1. The maximum atomic E-state index is 13.0. The Kier molecular flexibility index (Phi) is 6.95. The zero-order valence-corrected chi connectivity index (χ0v) is 18.4. The van der Waals surface area contributed by atoms with Gasteiger partial charge in [0.2, 0.25) is 5.91 Å². The van der Waals surface area contributed by atoms with Gasteiger partial charge in [0.1, 0.15) is 0 Å². The molecule has 6 heteroatoms. The second kappa shape index (κ2) is 10.0. The normalized spacial score (nSPS) is 19.3. The minimum Gasteiger partial charge on any atom is -0.339 e. The van der Waals surface area contributed by atoms with E-state index in [4.69, 9.17) is 4.98 Å². The van der Waals surface area contributed by atoms with Crippen molar-refractivity contribution in [2.75, 3.05) is 19.6 Å². The van der Waals surface area contributed by atoms with Crippen LogP contribution in [-0.4, -0.2) is 51.2 Å². The number of aromatic nitrogens is 2. The lowest BCUT2D eigenvalue weighted by molar-refractivity contribution is -0.135. The van der Waals surface area contributed by atoms with Gasteiger partial charge >= 0.3 is 0 Å². The molecule has 2 aliphatic heterocycles. The molecule has 1 atom stereocenters. The molecule has 0 bridgehead atoms. The monoisotopic (exact) mass is 420 g/mol. The van der Waals surface area contributed by atoms with E-state index >= 15 is 0 Å². The summed E-state index contributed by atoms with van der Waals surface area (Å²) in [6.07, 6.45) is 9.16. The van der Waals surface area contributed by atoms with Gasteiger partial charge in [0.25, 0.3) is 5.91 Å². The number of likely N-dealkylation sites (tertiary alicyclic amines) is 2. The maximum absolute atomic E-state index is 13.0. The van der Waals surface area contributed by atoms with E-state index in [9.17, 15) is 9.59 Å². The van der Waals surface area contributed by atoms with E-state index < -0.39 is 0 Å². The van der Waals surface area contributed by atoms with E-state index in [-0.39, 0.29) is 17.9 Å². The SMILES string of the molecule is Cc1nc([C@@H]2CCCCN2C(=O)CCc2ccccc2)ncc1C(=O)N1CCCCC1. The van der Waals surface area contributed by atoms with Gasteiger partial charge in [-0.2, -0.15) is 0 Å². The van der Waals surface area contributed by atoms with Crippen molar-refractivity contribution in [3.8, 4) is 0 Å². The van der Waals surface area contributed by atoms with Gasteiger partial charge in [0.15, 0.2) is 5.82 Å². The summed E-state index contributed by atoms with van der Waals surface area (Å²) in [5.74, 6) is 0.854. The lowest BCUT2D eigenvalue weighted by Gasteiger charge is -2.35. The van der Waals surface area contributed by atoms with Crippen molar-refractivity contribution in [3.63, 3.8) is 0 Å². The number of carbonyl (C=O) groups excluding carboxylic acids is 2. The van der Waals surface area contributed by atoms with Crippen molar-refractivity contribution < 1.29 is 9.59 Å². The minimum atomic E-state index is -0.102. The molecule has 2 fully saturated rings. The summed E-state index contributed by atoms with van der Waals surface area (Å²) >= 11 is 0. The Morgan fingerprint density at radius 2 is 1.74 bits per heavy atom. The van der Waals surface area contributed by atoms with Crippen LogP contribution >= 0.6 is 0 Å². The fourth-order valence-corrected chi connectivity index (χ4v) is 4.66. The number of amides is 2. The summed E-state index contributed by atoms with van der Waals surface area (Å²) in [4.78, 5) is 39.1. The van der Waals surface area contributed by atoms with Crippen LogP contribution < -0.4 is 0 Å². The second-order valence-electron chi connectivity index (χ2n) is 8.66. The smallest absolute Gasteiger partial charge is 0.257 e. The van der Waals surface area contributed by atoms with Crippen molar-refractivity contribution in [3.05, 3.63) is 59.2 Å². The molecular weight excluding hydrogens is 388 g/mol. The first kappa shape index (κ1) is 21.5. The standard InChI is InChI=1S/C25H32N4O2/c1-19-21(25(31)28-15-7-3-8-16-28)18-26-24(27-19)22-12-6-9-17-29(22)23(30)14-13-20-10-4-2-5-11-20/h2,4-5,10-11,18,22H,3,6-9,12-17H2,1H3/t22-/m0/s1. The highest BCUT2D eigenvalue weighted by Crippen LogP contribution is 2.30. The second-order valence-corrected chi connectivity index (χ2v) is 8.66. The number of nitrogens with zero attached hydrogens (tertiary/aromatic N) is 4. The van der Waals surface area contributed by atoms with Gasteiger partial charge in [-0.1, -0.05) is 30.3 Å². The average molecular weight is 421 g/mol. The van der Waals surface area contributed by atoms with Crippen molar-refractivity contribution in [2.45, 2.75) is 64.3 Å². The molecule has 6 nitrogen and oxygen atoms in total. The van der Waals surface area contributed by atoms with Crippen LogP contribution in [0.25, 0.3) is 0 Å². The fourth-order valence-electron chi connectivity index (χ4n) is 4.66. The highest BCUT2D eigenvalue weighted by atomic mass is 16.2. The first-order valence-corrected chi connectivity index (χ1v) is 11.6. The Bertz CT molecular complexity index is 909. The van der Waals surface area contributed by atoms with Gasteiger partial charge < -0.3 is 9.80 Å². The molecule has 164 valence electrons. The lowest BCUT2D eigenvalue weighted by atomic mass is 9.99. The fraction of sp³-hybridized carbons (Fsp3) is 0.520. The number of hydrogen-bond acceptors (Lipinski definition) is 4. The van der Waals surface area contributed by atoms with Gasteiger partial charge in [0, 0.05) is 32.3 Å². The van der Waals surface area contributed by atoms with Crippen LogP contribution in [0.1, 0.15) is 78.4 Å². The molecule has 0 radical (unpaired) electrons. The number of hydrogen-bond donors (Lipinski definition) is 0. The minimum absolute atomic E-state index is 0.0307. The molecule has 2 amide bonds. The van der Waals surface area contributed by atoms with Crippen LogP contribution in [0.15, 0.2) is 36.5 Å². The van der Waals surface area contributed by atoms with Crippen molar-refractivity contribution in [1.82, 2.24) is 19.8 Å². The third-order valence-electron chi connectivity index (χ3n) is 6.46. The molecule has 0 unspecified atom stereocenters. The third-order valence-corrected chi connectivity index (χ3v) is 6.46. The molecule has 2 aliphatic rings. The highest BCUT2D eigenvalue weighted by Gasteiger charge is 2.30. The molecule has 0 saturated carbocycles. The van der Waals surface area contributed by atoms with Crippen LogP contribution in [0.5, 0.6) is 0 Å². The molecule has 0 aliphatic carbocycles. The summed E-state index contributed by atoms with van der Waals surface area (Å²) < 4.78 is 0. The third kappa shape index (κ3) is 5.12. The van der Waals surface area contributed by atoms with Gasteiger partial charge in [-0.3, -0.25) is 9.59 Å². The summed E-state index contributed by atoms with van der Waals surface area (Å²) in [6.45, 7) is 4.25. The number of aryl methyl sites for hydroxylation is 2. The van der Waals surface area contributed by atoms with Crippen LogP contribution in [0.4, 0.5) is 0 Å². The molecule has 31 heavy (non-hydrogen) atoms. The number of rotatable bonds is 5. The molecule has 3 heterocycles. The summed E-state index contributed by atoms with van der Waals surface area (Å²) in [7, 11) is 0. The first-order chi connectivity index (χ1) is 15.1. The molecule has 1 aromatic carbocycles. The Morgan fingerprint density at radius 3 is 2.48 bits per heavy atom. The lowest BCUT2D eigenvalue weighted by Crippen LogP contribution is -2.40. The van der Waals surface area contributed by atoms with Gasteiger partial charge in [0.05, 0.1) is 17.3 Å². The summed E-state index contributed by atoms with van der Waals surface area (Å²) in [5.41, 5.74) is 2.48. The summed E-state index contributed by atoms with van der Waals surface area (Å²) in [6, 6.07) is 10.0. The molecule has 1 aromatic heterocycles. The average Bonchev–Trinajstić information content (AvgIpc) is 2.83. The van der Waals surface area contributed by atoms with Crippen molar-refractivity contribution in [1.29, 1.82) is 0 Å². The van der Waals surface area contributed by atoms with Crippen LogP contribution in [0, 0.1) is 6.92 Å². The van der Waals surface area contributed by atoms with Crippen LogP contribution in [-0.2, 0) is 11.2 Å². The zero-order chi connectivity index (χ0) is 21.6. The Labute approximate surface area is 184 Å². The van der Waals surface area contributed by atoms with E-state index in [2.05, 4.69) is 17.1 Å². The molecule has 0 N–H and O–H groups in total. The molecule has 4 rings (SSSR count). The Morgan fingerprint density at radius 1 is 1.00 bits per heavy atom. The van der Waals surface area contributed by atoms with Gasteiger partial charge in [-0.15, -0.1) is 0 Å². The van der Waals surface area contributed by atoms with E-state index in [1.807, 2.05) is 34.9 Å². The van der Waals surface area contributed by atoms with E-state index in [1.54, 1.807) is 6.20 Å². The molecular formula is C25H32N4O2. The summed E-state index contributed by atoms with van der Waals surface area (Å²) in [5, 5.41) is 0. The van der Waals surface area contributed by atoms with Crippen LogP contribution in [0.2, 0.25) is 0 Å². The van der Waals surface area contributed by atoms with E-state index in [0.717, 1.165) is 58.2 Å². The molecule has 0 spiro atoms. The highest BCUT2D eigenvalue weighted by molar-refractivity contribution is 5.95. The first-order valence-electron chi connectivity index (χ1n) is 11.6. The van der Waals surface area contributed by atoms with Gasteiger partial charge in [-0.05, 0) is 57.4 Å². The Balaban J connectivity index is 1.46. The van der Waals surface area contributed by atoms with E-state index in [1.165, 1.54) is 12.0 Å². The predicted molar refractivity (Wildman–Crippen MR) is 120 cm³/mol.